The van der Waals surface area contributed by atoms with Gasteiger partial charge in [-0.15, -0.1) is 0 Å². The van der Waals surface area contributed by atoms with Crippen molar-refractivity contribution in [3.63, 3.8) is 0 Å². The Morgan fingerprint density at radius 1 is 0.815 bits per heavy atom. The van der Waals surface area contributed by atoms with Gasteiger partial charge >= 0.3 is 23.9 Å². The average molecular weight is 391 g/mol. The standard InChI is InChI=1S/C15H21NO11/c1-7(17)23-6-12-14(25-9(3)19)15(26-10(4)20)13(24-8(2)18)11(27-12)5-16(21)22/h11-15H,5-6H2,1-4H3/t11?,12-,13+,14-,15-/m1/s1. The molecule has 1 saturated heterocycles. The molecule has 1 aliphatic heterocycles. The van der Waals surface area contributed by atoms with Gasteiger partial charge in [0.1, 0.15) is 12.7 Å². The van der Waals surface area contributed by atoms with Crippen LogP contribution in [0, 0.1) is 10.1 Å². The second kappa shape index (κ2) is 9.80. The fourth-order valence-corrected chi connectivity index (χ4v) is 2.61. The Balaban J connectivity index is 3.29. The number of hydrogen-bond acceptors (Lipinski definition) is 11. The molecule has 1 aliphatic rings. The van der Waals surface area contributed by atoms with Crippen molar-refractivity contribution in [1.29, 1.82) is 0 Å². The highest BCUT2D eigenvalue weighted by molar-refractivity contribution is 5.68. The molecule has 0 amide bonds. The summed E-state index contributed by atoms with van der Waals surface area (Å²) in [6, 6.07) is 0. The number of rotatable bonds is 7. The SMILES string of the molecule is CC(=O)OC[C@H]1OC(C[N+](=O)[O-])[C@H](OC(C)=O)[C@@H](OC(C)=O)[C@@H]1OC(C)=O. The van der Waals surface area contributed by atoms with Gasteiger partial charge in [0.05, 0.1) is 0 Å². The van der Waals surface area contributed by atoms with Crippen LogP contribution in [0.1, 0.15) is 27.7 Å². The average Bonchev–Trinajstić information content (AvgIpc) is 2.49. The number of nitrogens with zero attached hydrogens (tertiary/aromatic N) is 1. The highest BCUT2D eigenvalue weighted by Crippen LogP contribution is 2.29. The van der Waals surface area contributed by atoms with Gasteiger partial charge in [-0.2, -0.15) is 0 Å². The Labute approximate surface area is 154 Å². The van der Waals surface area contributed by atoms with Gasteiger partial charge in [-0.3, -0.25) is 29.3 Å². The molecule has 1 heterocycles. The summed E-state index contributed by atoms with van der Waals surface area (Å²) >= 11 is 0. The Morgan fingerprint density at radius 2 is 1.26 bits per heavy atom. The molecule has 1 unspecified atom stereocenters. The van der Waals surface area contributed by atoms with E-state index in [1.54, 1.807) is 0 Å². The molecule has 1 fully saturated rings. The number of nitro groups is 1. The van der Waals surface area contributed by atoms with Gasteiger partial charge in [0.25, 0.3) is 0 Å². The van der Waals surface area contributed by atoms with Crippen molar-refractivity contribution in [1.82, 2.24) is 0 Å². The molecule has 0 aliphatic carbocycles. The second-order valence-corrected chi connectivity index (χ2v) is 5.75. The third-order valence-electron chi connectivity index (χ3n) is 3.42. The van der Waals surface area contributed by atoms with Crippen LogP contribution in [-0.4, -0.2) is 72.5 Å². The highest BCUT2D eigenvalue weighted by atomic mass is 16.7. The molecule has 12 nitrogen and oxygen atoms in total. The zero-order chi connectivity index (χ0) is 20.7. The largest absolute Gasteiger partial charge is 0.463 e. The Hall–Kier alpha value is -2.76. The van der Waals surface area contributed by atoms with E-state index in [9.17, 15) is 29.3 Å². The van der Waals surface area contributed by atoms with Crippen molar-refractivity contribution in [3.8, 4) is 0 Å². The van der Waals surface area contributed by atoms with Crippen LogP contribution in [0.4, 0.5) is 0 Å². The van der Waals surface area contributed by atoms with Crippen LogP contribution in [0.2, 0.25) is 0 Å². The predicted molar refractivity (Wildman–Crippen MR) is 83.8 cm³/mol. The summed E-state index contributed by atoms with van der Waals surface area (Å²) in [6.45, 7) is 3.11. The van der Waals surface area contributed by atoms with Crippen LogP contribution in [-0.2, 0) is 42.9 Å². The Morgan fingerprint density at radius 3 is 1.67 bits per heavy atom. The summed E-state index contributed by atoms with van der Waals surface area (Å²) in [7, 11) is 0. The van der Waals surface area contributed by atoms with Crippen molar-refractivity contribution in [3.05, 3.63) is 10.1 Å². The molecule has 0 N–H and O–H groups in total. The van der Waals surface area contributed by atoms with Gasteiger partial charge in [-0.05, 0) is 0 Å². The van der Waals surface area contributed by atoms with Crippen LogP contribution in [0.3, 0.4) is 0 Å². The number of esters is 4. The smallest absolute Gasteiger partial charge is 0.303 e. The third-order valence-corrected chi connectivity index (χ3v) is 3.42. The zero-order valence-corrected chi connectivity index (χ0v) is 15.2. The maximum Gasteiger partial charge on any atom is 0.303 e. The molecule has 5 atom stereocenters. The Kier molecular flexibility index (Phi) is 8.09. The second-order valence-electron chi connectivity index (χ2n) is 5.75. The predicted octanol–water partition coefficient (Wildman–Crippen LogP) is -0.611. The molecule has 12 heteroatoms. The summed E-state index contributed by atoms with van der Waals surface area (Å²) in [5.74, 6) is -3.06. The van der Waals surface area contributed by atoms with Gasteiger partial charge in [-0.25, -0.2) is 0 Å². The van der Waals surface area contributed by atoms with E-state index in [1.807, 2.05) is 0 Å². The minimum atomic E-state index is -1.41. The maximum absolute atomic E-state index is 11.5. The van der Waals surface area contributed by atoms with Crippen LogP contribution in [0.25, 0.3) is 0 Å². The molecule has 0 aromatic carbocycles. The molecule has 0 bridgehead atoms. The summed E-state index contributed by atoms with van der Waals surface area (Å²) in [6.07, 6.45) is -6.64. The number of carbonyl (C=O) groups is 4. The lowest BCUT2D eigenvalue weighted by Gasteiger charge is -2.43. The molecule has 0 radical (unpaired) electrons. The summed E-state index contributed by atoms with van der Waals surface area (Å²) in [5, 5.41) is 11.0. The lowest BCUT2D eigenvalue weighted by molar-refractivity contribution is -0.498. The highest BCUT2D eigenvalue weighted by Gasteiger charge is 2.53. The van der Waals surface area contributed by atoms with Crippen molar-refractivity contribution < 1.29 is 47.8 Å². The minimum absolute atomic E-state index is 0.425. The first-order valence-corrected chi connectivity index (χ1v) is 7.93. The summed E-state index contributed by atoms with van der Waals surface area (Å²) in [4.78, 5) is 55.8. The van der Waals surface area contributed by atoms with Gasteiger partial charge in [0, 0.05) is 32.6 Å². The zero-order valence-electron chi connectivity index (χ0n) is 15.2. The van der Waals surface area contributed by atoms with Crippen LogP contribution in [0.15, 0.2) is 0 Å². The van der Waals surface area contributed by atoms with Crippen LogP contribution < -0.4 is 0 Å². The quantitative estimate of drug-likeness (QED) is 0.236. The van der Waals surface area contributed by atoms with Crippen LogP contribution >= 0.6 is 0 Å². The van der Waals surface area contributed by atoms with E-state index in [-0.39, 0.29) is 0 Å². The Bertz CT molecular complexity index is 605. The number of hydrogen-bond donors (Lipinski definition) is 0. The van der Waals surface area contributed by atoms with Crippen molar-refractivity contribution in [2.24, 2.45) is 0 Å². The first-order valence-electron chi connectivity index (χ1n) is 7.93. The molecular formula is C15H21NO11. The monoisotopic (exact) mass is 391 g/mol. The van der Waals surface area contributed by atoms with E-state index in [0.29, 0.717) is 0 Å². The topological polar surface area (TPSA) is 158 Å². The fourth-order valence-electron chi connectivity index (χ4n) is 2.61. The molecule has 0 aromatic heterocycles. The molecule has 0 spiro atoms. The summed E-state index contributed by atoms with van der Waals surface area (Å²) < 4.78 is 25.7. The van der Waals surface area contributed by atoms with Gasteiger partial charge in [0.15, 0.2) is 24.4 Å². The lowest BCUT2D eigenvalue weighted by atomic mass is 9.94. The molecular weight excluding hydrogens is 370 g/mol. The fraction of sp³-hybridized carbons (Fsp3) is 0.733. The lowest BCUT2D eigenvalue weighted by Crippen LogP contribution is -2.63. The first kappa shape index (κ1) is 22.3. The summed E-state index contributed by atoms with van der Waals surface area (Å²) in [5.41, 5.74) is 0. The first-order chi connectivity index (χ1) is 12.5. The molecule has 0 aromatic rings. The van der Waals surface area contributed by atoms with E-state index in [0.717, 1.165) is 27.7 Å². The van der Waals surface area contributed by atoms with E-state index < -0.39 is 72.5 Å². The molecule has 27 heavy (non-hydrogen) atoms. The van der Waals surface area contributed by atoms with E-state index in [1.165, 1.54) is 0 Å². The number of ether oxygens (including phenoxy) is 5. The number of carbonyl (C=O) groups excluding carboxylic acids is 4. The van der Waals surface area contributed by atoms with Crippen molar-refractivity contribution >= 4 is 23.9 Å². The molecule has 152 valence electrons. The van der Waals surface area contributed by atoms with Crippen molar-refractivity contribution in [2.45, 2.75) is 58.2 Å². The van der Waals surface area contributed by atoms with Gasteiger partial charge < -0.3 is 23.7 Å². The molecule has 0 saturated carbocycles. The maximum atomic E-state index is 11.5. The van der Waals surface area contributed by atoms with E-state index in [2.05, 4.69) is 0 Å². The van der Waals surface area contributed by atoms with Crippen molar-refractivity contribution in [2.75, 3.05) is 13.2 Å². The third kappa shape index (κ3) is 7.17. The van der Waals surface area contributed by atoms with Crippen LogP contribution in [0.5, 0.6) is 0 Å². The van der Waals surface area contributed by atoms with E-state index >= 15 is 0 Å². The van der Waals surface area contributed by atoms with Gasteiger partial charge in [0.2, 0.25) is 6.54 Å². The minimum Gasteiger partial charge on any atom is -0.463 e. The normalized spacial score (nSPS) is 27.2. The van der Waals surface area contributed by atoms with Gasteiger partial charge in [-0.1, -0.05) is 0 Å². The molecule has 1 rings (SSSR count). The van der Waals surface area contributed by atoms with E-state index in [4.69, 9.17) is 23.7 Å².